The van der Waals surface area contributed by atoms with E-state index in [0.717, 1.165) is 11.0 Å². The Morgan fingerprint density at radius 2 is 2.15 bits per heavy atom. The van der Waals surface area contributed by atoms with Gasteiger partial charge in [-0.15, -0.1) is 0 Å². The molecule has 108 valence electrons. The Hall–Kier alpha value is -1.10. The maximum atomic E-state index is 11.2. The van der Waals surface area contributed by atoms with E-state index in [-0.39, 0.29) is 0 Å². The van der Waals surface area contributed by atoms with E-state index in [9.17, 15) is 9.90 Å². The van der Waals surface area contributed by atoms with Gasteiger partial charge >= 0.3 is 6.09 Å². The van der Waals surface area contributed by atoms with Crippen molar-refractivity contribution >= 4 is 17.9 Å². The van der Waals surface area contributed by atoms with Gasteiger partial charge in [0.15, 0.2) is 0 Å². The van der Waals surface area contributed by atoms with Crippen LogP contribution in [0.25, 0.3) is 0 Å². The topological polar surface area (TPSA) is 43.8 Å². The van der Waals surface area contributed by atoms with Crippen molar-refractivity contribution in [2.24, 2.45) is 11.8 Å². The first-order valence-electron chi connectivity index (χ1n) is 7.49. The predicted octanol–water partition coefficient (Wildman–Crippen LogP) is 2.59. The lowest BCUT2D eigenvalue weighted by Crippen LogP contribution is -2.41. The summed E-state index contributed by atoms with van der Waals surface area (Å²) in [6.45, 7) is 0.666. The van der Waals surface area contributed by atoms with Crippen molar-refractivity contribution < 1.29 is 9.90 Å². The van der Waals surface area contributed by atoms with E-state index in [0.29, 0.717) is 30.5 Å². The molecule has 2 fully saturated rings. The lowest BCUT2D eigenvalue weighted by molar-refractivity contribution is 0.143. The summed E-state index contributed by atoms with van der Waals surface area (Å²) < 4.78 is 0. The molecule has 4 nitrogen and oxygen atoms in total. The number of thioether (sulfide) groups is 1. The third kappa shape index (κ3) is 1.79. The Kier molecular flexibility index (Phi) is 2.98. The fourth-order valence-electron chi connectivity index (χ4n) is 4.56. The summed E-state index contributed by atoms with van der Waals surface area (Å²) in [6, 6.07) is 1.01. The zero-order valence-corrected chi connectivity index (χ0v) is 12.2. The number of carbonyl (C=O) groups is 1. The second-order valence-corrected chi connectivity index (χ2v) is 7.49. The van der Waals surface area contributed by atoms with Gasteiger partial charge < -0.3 is 10.0 Å². The van der Waals surface area contributed by atoms with Gasteiger partial charge in [-0.25, -0.2) is 4.79 Å². The quantitative estimate of drug-likeness (QED) is 0.745. The minimum absolute atomic E-state index is 0.399. The minimum atomic E-state index is -0.820. The summed E-state index contributed by atoms with van der Waals surface area (Å²) in [5.74, 6) is 2.24. The van der Waals surface area contributed by atoms with Crippen LogP contribution in [0, 0.1) is 11.8 Å². The molecule has 0 radical (unpaired) electrons. The fourth-order valence-corrected chi connectivity index (χ4v) is 5.87. The minimum Gasteiger partial charge on any atom is -0.465 e. The molecule has 5 atom stereocenters. The molecule has 0 aromatic rings. The van der Waals surface area contributed by atoms with Gasteiger partial charge in [-0.1, -0.05) is 12.5 Å². The SMILES string of the molecule is O=C(O)N1C=CC2C(C1)C1CCCC3SCC=CN2C31. The first kappa shape index (κ1) is 12.6. The molecule has 1 amide bonds. The van der Waals surface area contributed by atoms with E-state index in [2.05, 4.69) is 35.0 Å². The Morgan fingerprint density at radius 1 is 1.25 bits per heavy atom. The maximum Gasteiger partial charge on any atom is 0.411 e. The van der Waals surface area contributed by atoms with Crippen molar-refractivity contribution in [3.05, 3.63) is 24.6 Å². The number of amides is 1. The molecule has 3 aliphatic heterocycles. The molecular weight excluding hydrogens is 272 g/mol. The van der Waals surface area contributed by atoms with Crippen LogP contribution < -0.4 is 0 Å². The molecule has 0 spiro atoms. The third-order valence-corrected chi connectivity index (χ3v) is 6.65. The van der Waals surface area contributed by atoms with Crippen LogP contribution >= 0.6 is 11.8 Å². The van der Waals surface area contributed by atoms with Crippen molar-refractivity contribution in [1.29, 1.82) is 0 Å². The Labute approximate surface area is 123 Å². The van der Waals surface area contributed by atoms with Crippen LogP contribution in [-0.4, -0.2) is 50.6 Å². The number of carboxylic acid groups (broad SMARTS) is 1. The molecule has 0 bridgehead atoms. The van der Waals surface area contributed by atoms with Crippen LogP contribution in [0.4, 0.5) is 4.79 Å². The summed E-state index contributed by atoms with van der Waals surface area (Å²) in [5.41, 5.74) is 0. The molecule has 4 aliphatic rings. The number of nitrogens with zero attached hydrogens (tertiary/aromatic N) is 2. The van der Waals surface area contributed by atoms with Crippen molar-refractivity contribution in [1.82, 2.24) is 9.80 Å². The average Bonchev–Trinajstić information content (AvgIpc) is 2.63. The molecule has 0 aromatic heterocycles. The second kappa shape index (κ2) is 4.72. The number of hydrogen-bond acceptors (Lipinski definition) is 3. The molecule has 0 aromatic carbocycles. The zero-order valence-electron chi connectivity index (χ0n) is 11.4. The summed E-state index contributed by atoms with van der Waals surface area (Å²) in [6.07, 6.45) is 11.5. The molecule has 1 saturated carbocycles. The molecule has 5 unspecified atom stereocenters. The molecule has 1 saturated heterocycles. The van der Waals surface area contributed by atoms with E-state index < -0.39 is 6.09 Å². The van der Waals surface area contributed by atoms with Gasteiger partial charge in [-0.05, 0) is 31.0 Å². The van der Waals surface area contributed by atoms with E-state index >= 15 is 0 Å². The standard InChI is InChI=1S/C15H20N2O2S/c18-15(19)16-7-5-12-11(9-16)10-3-1-4-13-14(10)17(12)6-2-8-20-13/h2,5-7,10-14H,1,3-4,8-9H2,(H,18,19). The third-order valence-electron chi connectivity index (χ3n) is 5.32. The molecule has 3 heterocycles. The van der Waals surface area contributed by atoms with E-state index in [4.69, 9.17) is 0 Å². The normalized spacial score (nSPS) is 42.1. The zero-order chi connectivity index (χ0) is 13.7. The Balaban J connectivity index is 1.69. The van der Waals surface area contributed by atoms with Gasteiger partial charge in [0.1, 0.15) is 0 Å². The first-order chi connectivity index (χ1) is 9.75. The Morgan fingerprint density at radius 3 is 3.00 bits per heavy atom. The van der Waals surface area contributed by atoms with E-state index in [1.54, 1.807) is 6.20 Å². The van der Waals surface area contributed by atoms with Crippen LogP contribution in [0.3, 0.4) is 0 Å². The highest BCUT2D eigenvalue weighted by Gasteiger charge is 2.52. The van der Waals surface area contributed by atoms with Gasteiger partial charge in [0, 0.05) is 35.7 Å². The maximum absolute atomic E-state index is 11.2. The number of rotatable bonds is 0. The smallest absolute Gasteiger partial charge is 0.411 e. The van der Waals surface area contributed by atoms with Crippen LogP contribution in [0.5, 0.6) is 0 Å². The molecule has 1 aliphatic carbocycles. The van der Waals surface area contributed by atoms with Crippen molar-refractivity contribution in [2.75, 3.05) is 12.3 Å². The first-order valence-corrected chi connectivity index (χ1v) is 8.54. The number of fused-ring (bicyclic) bond motifs is 3. The summed E-state index contributed by atoms with van der Waals surface area (Å²) in [5, 5.41) is 9.95. The van der Waals surface area contributed by atoms with Crippen LogP contribution in [0.15, 0.2) is 24.6 Å². The summed E-state index contributed by atoms with van der Waals surface area (Å²) in [7, 11) is 0. The molecular formula is C15H20N2O2S. The monoisotopic (exact) mass is 292 g/mol. The van der Waals surface area contributed by atoms with Gasteiger partial charge in [0.25, 0.3) is 0 Å². The summed E-state index contributed by atoms with van der Waals surface area (Å²) >= 11 is 2.09. The molecule has 1 N–H and O–H groups in total. The van der Waals surface area contributed by atoms with Gasteiger partial charge in [0.2, 0.25) is 0 Å². The van der Waals surface area contributed by atoms with Crippen LogP contribution in [0.2, 0.25) is 0 Å². The van der Waals surface area contributed by atoms with Gasteiger partial charge in [-0.3, -0.25) is 4.90 Å². The van der Waals surface area contributed by atoms with E-state index in [1.165, 1.54) is 24.2 Å². The average molecular weight is 292 g/mol. The van der Waals surface area contributed by atoms with Crippen molar-refractivity contribution in [2.45, 2.75) is 36.6 Å². The lowest BCUT2D eigenvalue weighted by atomic mass is 9.77. The molecule has 4 rings (SSSR count). The highest BCUT2D eigenvalue weighted by molar-refractivity contribution is 8.00. The van der Waals surface area contributed by atoms with Crippen molar-refractivity contribution in [3.63, 3.8) is 0 Å². The fraction of sp³-hybridized carbons (Fsp3) is 0.667. The lowest BCUT2D eigenvalue weighted by Gasteiger charge is -2.37. The van der Waals surface area contributed by atoms with Crippen molar-refractivity contribution in [3.8, 4) is 0 Å². The summed E-state index contributed by atoms with van der Waals surface area (Å²) in [4.78, 5) is 15.2. The molecule has 20 heavy (non-hydrogen) atoms. The highest BCUT2D eigenvalue weighted by atomic mass is 32.2. The largest absolute Gasteiger partial charge is 0.465 e. The van der Waals surface area contributed by atoms with Crippen LogP contribution in [0.1, 0.15) is 19.3 Å². The van der Waals surface area contributed by atoms with Crippen LogP contribution in [-0.2, 0) is 0 Å². The van der Waals surface area contributed by atoms with Gasteiger partial charge in [0.05, 0.1) is 6.04 Å². The second-order valence-electron chi connectivity index (χ2n) is 6.22. The number of hydrogen-bond donors (Lipinski definition) is 1. The highest BCUT2D eigenvalue weighted by Crippen LogP contribution is 2.49. The van der Waals surface area contributed by atoms with Gasteiger partial charge in [-0.2, -0.15) is 11.8 Å². The molecule has 5 heteroatoms. The Bertz CT molecular complexity index is 478. The predicted molar refractivity (Wildman–Crippen MR) is 79.5 cm³/mol. The van der Waals surface area contributed by atoms with E-state index in [1.807, 2.05) is 0 Å².